The lowest BCUT2D eigenvalue weighted by Crippen LogP contribution is -2.51. The van der Waals surface area contributed by atoms with Gasteiger partial charge in [0.15, 0.2) is 6.61 Å². The Morgan fingerprint density at radius 1 is 1.30 bits per heavy atom. The molecular formula is C17H25ClN2O3. The van der Waals surface area contributed by atoms with Crippen molar-refractivity contribution in [3.63, 3.8) is 0 Å². The van der Waals surface area contributed by atoms with Crippen molar-refractivity contribution in [1.82, 2.24) is 10.2 Å². The minimum atomic E-state index is -0.112. The maximum absolute atomic E-state index is 12.0. The summed E-state index contributed by atoms with van der Waals surface area (Å²) in [6.45, 7) is 8.34. The van der Waals surface area contributed by atoms with Gasteiger partial charge in [-0.15, -0.1) is 0 Å². The molecule has 0 spiro atoms. The Bertz CT molecular complexity index is 487. The summed E-state index contributed by atoms with van der Waals surface area (Å²) in [6, 6.07) is 7.29. The number of ether oxygens (including phenoxy) is 2. The first-order valence-electron chi connectivity index (χ1n) is 8.03. The molecule has 1 saturated heterocycles. The fourth-order valence-corrected chi connectivity index (χ4v) is 2.77. The molecule has 1 fully saturated rings. The van der Waals surface area contributed by atoms with E-state index in [-0.39, 0.29) is 12.5 Å². The molecule has 2 rings (SSSR count). The molecule has 1 heterocycles. The molecule has 0 saturated carbocycles. The topological polar surface area (TPSA) is 50.8 Å². The smallest absolute Gasteiger partial charge is 0.257 e. The van der Waals surface area contributed by atoms with Gasteiger partial charge in [0.2, 0.25) is 0 Å². The minimum Gasteiger partial charge on any atom is -0.484 e. The molecule has 1 aliphatic heterocycles. The molecule has 5 nitrogen and oxygen atoms in total. The highest BCUT2D eigenvalue weighted by Gasteiger charge is 2.24. The number of nitrogens with one attached hydrogen (secondary N) is 1. The predicted molar refractivity (Wildman–Crippen MR) is 91.0 cm³/mol. The quantitative estimate of drug-likeness (QED) is 0.826. The van der Waals surface area contributed by atoms with Gasteiger partial charge in [0, 0.05) is 30.7 Å². The molecule has 0 radical (unpaired) electrons. The van der Waals surface area contributed by atoms with E-state index < -0.39 is 0 Å². The number of benzene rings is 1. The van der Waals surface area contributed by atoms with Gasteiger partial charge in [-0.25, -0.2) is 0 Å². The molecule has 128 valence electrons. The second-order valence-corrected chi connectivity index (χ2v) is 6.44. The molecule has 1 aromatic carbocycles. The predicted octanol–water partition coefficient (Wildman–Crippen LogP) is 2.19. The number of carbonyl (C=O) groups is 1. The molecular weight excluding hydrogens is 316 g/mol. The molecule has 23 heavy (non-hydrogen) atoms. The van der Waals surface area contributed by atoms with Crippen molar-refractivity contribution >= 4 is 17.5 Å². The first-order valence-corrected chi connectivity index (χ1v) is 8.41. The van der Waals surface area contributed by atoms with Crippen LogP contribution in [0.15, 0.2) is 24.3 Å². The third-order valence-corrected chi connectivity index (χ3v) is 4.23. The van der Waals surface area contributed by atoms with Crippen molar-refractivity contribution in [3.8, 4) is 5.75 Å². The number of hydrogen-bond donors (Lipinski definition) is 1. The van der Waals surface area contributed by atoms with Crippen LogP contribution in [0.1, 0.15) is 13.8 Å². The first-order chi connectivity index (χ1) is 11.1. The molecule has 1 amide bonds. The van der Waals surface area contributed by atoms with Crippen LogP contribution >= 0.6 is 11.6 Å². The van der Waals surface area contributed by atoms with Gasteiger partial charge in [0.25, 0.3) is 5.91 Å². The highest BCUT2D eigenvalue weighted by Crippen LogP contribution is 2.15. The van der Waals surface area contributed by atoms with Gasteiger partial charge in [-0.1, -0.05) is 25.4 Å². The van der Waals surface area contributed by atoms with Crippen molar-refractivity contribution in [3.05, 3.63) is 29.3 Å². The fourth-order valence-electron chi connectivity index (χ4n) is 2.64. The molecule has 1 atom stereocenters. The van der Waals surface area contributed by atoms with E-state index in [4.69, 9.17) is 21.1 Å². The molecule has 0 unspecified atom stereocenters. The third-order valence-electron chi connectivity index (χ3n) is 3.98. The van der Waals surface area contributed by atoms with Gasteiger partial charge < -0.3 is 14.8 Å². The summed E-state index contributed by atoms with van der Waals surface area (Å²) in [4.78, 5) is 14.4. The summed E-state index contributed by atoms with van der Waals surface area (Å²) in [5, 5.41) is 3.62. The van der Waals surface area contributed by atoms with Gasteiger partial charge in [-0.3, -0.25) is 9.69 Å². The zero-order valence-electron chi connectivity index (χ0n) is 13.8. The van der Waals surface area contributed by atoms with Crippen LogP contribution in [0, 0.1) is 5.92 Å². The zero-order chi connectivity index (χ0) is 16.7. The van der Waals surface area contributed by atoms with Gasteiger partial charge in [0.1, 0.15) is 5.75 Å². The lowest BCUT2D eigenvalue weighted by atomic mass is 10.0. The SMILES string of the molecule is CC(C)[C@H](CNC(=O)COc1ccc(Cl)cc1)N1CCOCC1. The van der Waals surface area contributed by atoms with E-state index in [1.54, 1.807) is 24.3 Å². The van der Waals surface area contributed by atoms with E-state index in [1.807, 2.05) is 0 Å². The highest BCUT2D eigenvalue weighted by atomic mass is 35.5. The molecule has 0 aromatic heterocycles. The number of carbonyl (C=O) groups excluding carboxylic acids is 1. The Kier molecular flexibility index (Phi) is 7.15. The van der Waals surface area contributed by atoms with E-state index >= 15 is 0 Å². The van der Waals surface area contributed by atoms with Crippen LogP contribution < -0.4 is 10.1 Å². The lowest BCUT2D eigenvalue weighted by molar-refractivity contribution is -0.123. The van der Waals surface area contributed by atoms with E-state index in [1.165, 1.54) is 0 Å². The number of halogens is 1. The summed E-state index contributed by atoms with van der Waals surface area (Å²) in [5.74, 6) is 0.989. The lowest BCUT2D eigenvalue weighted by Gasteiger charge is -2.36. The van der Waals surface area contributed by atoms with Crippen LogP contribution in [0.5, 0.6) is 5.75 Å². The second-order valence-electron chi connectivity index (χ2n) is 6.01. The number of amides is 1. The molecule has 0 bridgehead atoms. The highest BCUT2D eigenvalue weighted by molar-refractivity contribution is 6.30. The number of rotatable bonds is 7. The van der Waals surface area contributed by atoms with Crippen molar-refractivity contribution in [2.75, 3.05) is 39.5 Å². The number of morpholine rings is 1. The zero-order valence-corrected chi connectivity index (χ0v) is 14.5. The maximum atomic E-state index is 12.0. The summed E-state index contributed by atoms with van der Waals surface area (Å²) in [7, 11) is 0. The van der Waals surface area contributed by atoms with Crippen LogP contribution in [0.25, 0.3) is 0 Å². The standard InChI is InChI=1S/C17H25ClN2O3/c1-13(2)16(20-7-9-22-10-8-20)11-19-17(21)12-23-15-5-3-14(18)4-6-15/h3-6,13,16H,7-12H2,1-2H3,(H,19,21)/t16-/m0/s1. The van der Waals surface area contributed by atoms with Gasteiger partial charge in [-0.05, 0) is 30.2 Å². The third kappa shape index (κ3) is 6.01. The minimum absolute atomic E-state index is 0.00948. The normalized spacial score (nSPS) is 17.0. The van der Waals surface area contributed by atoms with Crippen LogP contribution in [-0.4, -0.2) is 56.3 Å². The summed E-state index contributed by atoms with van der Waals surface area (Å²) in [6.07, 6.45) is 0. The van der Waals surface area contributed by atoms with Gasteiger partial charge >= 0.3 is 0 Å². The van der Waals surface area contributed by atoms with Crippen molar-refractivity contribution in [2.24, 2.45) is 5.92 Å². The summed E-state index contributed by atoms with van der Waals surface area (Å²) >= 11 is 5.81. The average Bonchev–Trinajstić information content (AvgIpc) is 2.55. The average molecular weight is 341 g/mol. The second kappa shape index (κ2) is 9.11. The monoisotopic (exact) mass is 340 g/mol. The van der Waals surface area contributed by atoms with E-state index in [9.17, 15) is 4.79 Å². The van der Waals surface area contributed by atoms with Crippen molar-refractivity contribution in [1.29, 1.82) is 0 Å². The van der Waals surface area contributed by atoms with Crippen molar-refractivity contribution in [2.45, 2.75) is 19.9 Å². The van der Waals surface area contributed by atoms with E-state index in [2.05, 4.69) is 24.1 Å². The first kappa shape index (κ1) is 18.0. The number of hydrogen-bond acceptors (Lipinski definition) is 4. The summed E-state index contributed by atoms with van der Waals surface area (Å²) in [5.41, 5.74) is 0. The molecule has 1 N–H and O–H groups in total. The number of nitrogens with zero attached hydrogens (tertiary/aromatic N) is 1. The van der Waals surface area contributed by atoms with Crippen molar-refractivity contribution < 1.29 is 14.3 Å². The molecule has 0 aliphatic carbocycles. The van der Waals surface area contributed by atoms with Crippen LogP contribution in [0.2, 0.25) is 5.02 Å². The fraction of sp³-hybridized carbons (Fsp3) is 0.588. The molecule has 6 heteroatoms. The Morgan fingerprint density at radius 2 is 1.96 bits per heavy atom. The van der Waals surface area contributed by atoms with Crippen LogP contribution in [0.3, 0.4) is 0 Å². The molecule has 1 aromatic rings. The Hall–Kier alpha value is -1.30. The van der Waals surface area contributed by atoms with E-state index in [0.29, 0.717) is 29.3 Å². The van der Waals surface area contributed by atoms with Crippen LogP contribution in [0.4, 0.5) is 0 Å². The van der Waals surface area contributed by atoms with Crippen LogP contribution in [-0.2, 0) is 9.53 Å². The van der Waals surface area contributed by atoms with Gasteiger partial charge in [0.05, 0.1) is 13.2 Å². The van der Waals surface area contributed by atoms with Gasteiger partial charge in [-0.2, -0.15) is 0 Å². The Morgan fingerprint density at radius 3 is 2.57 bits per heavy atom. The molecule has 1 aliphatic rings. The summed E-state index contributed by atoms with van der Waals surface area (Å²) < 4.78 is 10.8. The van der Waals surface area contributed by atoms with E-state index in [0.717, 1.165) is 26.3 Å². The Balaban J connectivity index is 1.75. The largest absolute Gasteiger partial charge is 0.484 e. The maximum Gasteiger partial charge on any atom is 0.257 e. The Labute approximate surface area is 142 Å².